The zero-order valence-electron chi connectivity index (χ0n) is 12.7. The largest absolute Gasteiger partial charge is 0.320 e. The summed E-state index contributed by atoms with van der Waals surface area (Å²) in [5.74, 6) is -0.287. The first-order valence-electron chi connectivity index (χ1n) is 7.11. The van der Waals surface area contributed by atoms with Crippen molar-refractivity contribution in [2.75, 3.05) is 5.32 Å². The van der Waals surface area contributed by atoms with E-state index in [0.29, 0.717) is 10.7 Å². The molecule has 0 aliphatic rings. The number of rotatable bonds is 3. The molecule has 1 aromatic heterocycles. The molecule has 3 aromatic rings. The van der Waals surface area contributed by atoms with Crippen LogP contribution in [0.1, 0.15) is 21.7 Å². The molecule has 1 amide bonds. The molecule has 0 atom stereocenters. The normalized spacial score (nSPS) is 10.6. The summed E-state index contributed by atoms with van der Waals surface area (Å²) in [4.78, 5) is 12.4. The van der Waals surface area contributed by atoms with Crippen molar-refractivity contribution in [1.29, 1.82) is 0 Å². The van der Waals surface area contributed by atoms with Gasteiger partial charge in [0.15, 0.2) is 5.69 Å². The van der Waals surface area contributed by atoms with E-state index in [1.807, 2.05) is 43.3 Å². The Kier molecular flexibility index (Phi) is 4.12. The van der Waals surface area contributed by atoms with Crippen LogP contribution in [-0.2, 0) is 0 Å². The zero-order chi connectivity index (χ0) is 16.4. The van der Waals surface area contributed by atoms with Crippen molar-refractivity contribution in [1.82, 2.24) is 15.0 Å². The summed E-state index contributed by atoms with van der Waals surface area (Å²) in [6.07, 6.45) is 0. The van der Waals surface area contributed by atoms with Gasteiger partial charge in [0.1, 0.15) is 0 Å². The molecule has 0 unspecified atom stereocenters. The molecule has 0 radical (unpaired) electrons. The number of aromatic nitrogens is 3. The summed E-state index contributed by atoms with van der Waals surface area (Å²) in [7, 11) is 0. The van der Waals surface area contributed by atoms with Gasteiger partial charge in [-0.3, -0.25) is 4.79 Å². The lowest BCUT2D eigenvalue weighted by Crippen LogP contribution is -2.15. The number of nitrogens with zero attached hydrogens (tertiary/aromatic N) is 3. The third-order valence-corrected chi connectivity index (χ3v) is 3.79. The molecule has 2 aromatic carbocycles. The van der Waals surface area contributed by atoms with Gasteiger partial charge in [0, 0.05) is 10.7 Å². The predicted molar refractivity (Wildman–Crippen MR) is 90.2 cm³/mol. The van der Waals surface area contributed by atoms with Gasteiger partial charge in [-0.2, -0.15) is 0 Å². The van der Waals surface area contributed by atoms with Crippen LogP contribution in [-0.4, -0.2) is 20.9 Å². The summed E-state index contributed by atoms with van der Waals surface area (Å²) in [5.41, 5.74) is 3.44. The fourth-order valence-corrected chi connectivity index (χ4v) is 2.47. The summed E-state index contributed by atoms with van der Waals surface area (Å²) < 4.78 is 1.60. The van der Waals surface area contributed by atoms with E-state index in [2.05, 4.69) is 15.6 Å². The first kappa shape index (κ1) is 15.2. The van der Waals surface area contributed by atoms with Crippen LogP contribution >= 0.6 is 11.6 Å². The van der Waals surface area contributed by atoms with Crippen LogP contribution in [0.5, 0.6) is 0 Å². The monoisotopic (exact) mass is 326 g/mol. The van der Waals surface area contributed by atoms with Gasteiger partial charge in [-0.15, -0.1) is 5.10 Å². The maximum atomic E-state index is 12.4. The third-order valence-electron chi connectivity index (χ3n) is 3.56. The van der Waals surface area contributed by atoms with Gasteiger partial charge in [0.2, 0.25) is 0 Å². The second kappa shape index (κ2) is 6.22. The van der Waals surface area contributed by atoms with Crippen LogP contribution in [0.25, 0.3) is 5.69 Å². The molecule has 1 heterocycles. The molecule has 3 rings (SSSR count). The maximum Gasteiger partial charge on any atom is 0.278 e. The molecule has 5 nitrogen and oxygen atoms in total. The fourth-order valence-electron chi connectivity index (χ4n) is 2.29. The van der Waals surface area contributed by atoms with Crippen molar-refractivity contribution >= 4 is 23.2 Å². The third kappa shape index (κ3) is 3.10. The topological polar surface area (TPSA) is 59.8 Å². The number of anilines is 1. The summed E-state index contributed by atoms with van der Waals surface area (Å²) in [6.45, 7) is 3.74. The van der Waals surface area contributed by atoms with Crippen molar-refractivity contribution in [2.24, 2.45) is 0 Å². The van der Waals surface area contributed by atoms with Crippen molar-refractivity contribution in [3.63, 3.8) is 0 Å². The van der Waals surface area contributed by atoms with Crippen molar-refractivity contribution < 1.29 is 4.79 Å². The quantitative estimate of drug-likeness (QED) is 0.796. The number of aryl methyl sites for hydroxylation is 1. The van der Waals surface area contributed by atoms with E-state index in [1.54, 1.807) is 23.7 Å². The molecule has 0 saturated carbocycles. The number of amides is 1. The molecule has 0 fully saturated rings. The van der Waals surface area contributed by atoms with Crippen molar-refractivity contribution in [3.05, 3.63) is 70.5 Å². The van der Waals surface area contributed by atoms with E-state index in [-0.39, 0.29) is 11.6 Å². The van der Waals surface area contributed by atoms with Gasteiger partial charge in [-0.25, -0.2) is 4.68 Å². The minimum Gasteiger partial charge on any atom is -0.320 e. The minimum atomic E-state index is -0.287. The number of hydrogen-bond acceptors (Lipinski definition) is 3. The van der Waals surface area contributed by atoms with E-state index in [1.165, 1.54) is 0 Å². The number of para-hydroxylation sites is 1. The highest BCUT2D eigenvalue weighted by Gasteiger charge is 2.18. The van der Waals surface area contributed by atoms with Crippen LogP contribution in [0.3, 0.4) is 0 Å². The van der Waals surface area contributed by atoms with Crippen molar-refractivity contribution in [3.8, 4) is 5.69 Å². The second-order valence-electron chi connectivity index (χ2n) is 5.18. The van der Waals surface area contributed by atoms with Gasteiger partial charge in [0.05, 0.1) is 11.4 Å². The van der Waals surface area contributed by atoms with Crippen LogP contribution in [0.15, 0.2) is 48.5 Å². The molecule has 23 heavy (non-hydrogen) atoms. The summed E-state index contributed by atoms with van der Waals surface area (Å²) in [5, 5.41) is 11.5. The van der Waals surface area contributed by atoms with Crippen LogP contribution in [0, 0.1) is 13.8 Å². The van der Waals surface area contributed by atoms with Gasteiger partial charge in [-0.05, 0) is 43.7 Å². The number of nitrogens with one attached hydrogen (secondary N) is 1. The summed E-state index contributed by atoms with van der Waals surface area (Å²) >= 11 is 6.00. The first-order chi connectivity index (χ1) is 11.1. The lowest BCUT2D eigenvalue weighted by atomic mass is 10.2. The second-order valence-corrected chi connectivity index (χ2v) is 5.62. The van der Waals surface area contributed by atoms with Gasteiger partial charge in [0.25, 0.3) is 5.91 Å². The van der Waals surface area contributed by atoms with Gasteiger partial charge in [-0.1, -0.05) is 41.1 Å². The van der Waals surface area contributed by atoms with E-state index in [4.69, 9.17) is 11.6 Å². The van der Waals surface area contributed by atoms with E-state index in [9.17, 15) is 4.79 Å². The number of benzene rings is 2. The lowest BCUT2D eigenvalue weighted by Gasteiger charge is -2.07. The fraction of sp³-hybridized carbons (Fsp3) is 0.118. The number of halogens is 1. The average molecular weight is 327 g/mol. The lowest BCUT2D eigenvalue weighted by molar-refractivity contribution is 0.102. The highest BCUT2D eigenvalue weighted by atomic mass is 35.5. The maximum absolute atomic E-state index is 12.4. The molecule has 0 aliphatic carbocycles. The molecule has 1 N–H and O–H groups in total. The molecule has 116 valence electrons. The van der Waals surface area contributed by atoms with Crippen LogP contribution < -0.4 is 5.32 Å². The Hall–Kier alpha value is -2.66. The average Bonchev–Trinajstić information content (AvgIpc) is 2.91. The smallest absolute Gasteiger partial charge is 0.278 e. The Morgan fingerprint density at radius 1 is 1.13 bits per heavy atom. The summed E-state index contributed by atoms with van der Waals surface area (Å²) in [6, 6.07) is 14.8. The molecular weight excluding hydrogens is 312 g/mol. The molecule has 0 saturated heterocycles. The molecule has 0 bridgehead atoms. The highest BCUT2D eigenvalue weighted by Crippen LogP contribution is 2.18. The molecule has 6 heteroatoms. The van der Waals surface area contributed by atoms with Crippen LogP contribution in [0.4, 0.5) is 5.69 Å². The minimum absolute atomic E-state index is 0.285. The predicted octanol–water partition coefficient (Wildman–Crippen LogP) is 3.79. The number of carbonyl (C=O) groups is 1. The van der Waals surface area contributed by atoms with E-state index in [0.717, 1.165) is 16.9 Å². The van der Waals surface area contributed by atoms with E-state index >= 15 is 0 Å². The Morgan fingerprint density at radius 2 is 1.91 bits per heavy atom. The van der Waals surface area contributed by atoms with Gasteiger partial charge >= 0.3 is 0 Å². The van der Waals surface area contributed by atoms with Gasteiger partial charge < -0.3 is 5.32 Å². The zero-order valence-corrected chi connectivity index (χ0v) is 13.5. The van der Waals surface area contributed by atoms with Crippen molar-refractivity contribution in [2.45, 2.75) is 13.8 Å². The number of carbonyl (C=O) groups excluding carboxylic acids is 1. The Morgan fingerprint density at radius 3 is 2.65 bits per heavy atom. The highest BCUT2D eigenvalue weighted by molar-refractivity contribution is 6.30. The molecular formula is C17H15ClN4O. The Bertz CT molecular complexity index is 873. The molecule has 0 aliphatic heterocycles. The van der Waals surface area contributed by atoms with E-state index < -0.39 is 0 Å². The SMILES string of the molecule is Cc1ccccc1NC(=O)c1nnn(-c2cccc(Cl)c2)c1C. The standard InChI is InChI=1S/C17H15ClN4O/c1-11-6-3-4-9-15(11)19-17(23)16-12(2)22(21-20-16)14-8-5-7-13(18)10-14/h3-10H,1-2H3,(H,19,23). The van der Waals surface area contributed by atoms with Crippen LogP contribution in [0.2, 0.25) is 5.02 Å². The number of hydrogen-bond donors (Lipinski definition) is 1. The molecule has 0 spiro atoms. The Balaban J connectivity index is 1.90. The first-order valence-corrected chi connectivity index (χ1v) is 7.49. The Labute approximate surface area is 138 Å².